The number of fused-ring (bicyclic) bond motifs is 3. The highest BCUT2D eigenvalue weighted by Gasteiger charge is 2.15. The van der Waals surface area contributed by atoms with Crippen molar-refractivity contribution in [2.75, 3.05) is 0 Å². The molecular formula is C42H33NO2S. The SMILES string of the molecule is C=C/C=C\C1=C(C)C/C(=C\C=C(/C)c2cccc(-c3cccc(Sc4cccc(-c5ccc6c(c5)oc5cccnc56)c4)c3)c2)O1. The van der Waals surface area contributed by atoms with Crippen molar-refractivity contribution in [3.63, 3.8) is 0 Å². The zero-order chi connectivity index (χ0) is 31.5. The number of pyridine rings is 1. The molecule has 0 N–H and O–H groups in total. The fourth-order valence-electron chi connectivity index (χ4n) is 5.69. The van der Waals surface area contributed by atoms with E-state index in [-0.39, 0.29) is 0 Å². The number of allylic oxidation sites excluding steroid dienone is 7. The Bertz CT molecular complexity index is 2230. The molecule has 1 aliphatic heterocycles. The van der Waals surface area contributed by atoms with Gasteiger partial charge < -0.3 is 9.15 Å². The molecular weight excluding hydrogens is 583 g/mol. The molecule has 1 aliphatic rings. The van der Waals surface area contributed by atoms with Crippen molar-refractivity contribution >= 4 is 39.4 Å². The molecule has 0 fully saturated rings. The monoisotopic (exact) mass is 615 g/mol. The molecule has 2 aromatic heterocycles. The molecule has 0 saturated heterocycles. The predicted octanol–water partition coefficient (Wildman–Crippen LogP) is 12.2. The minimum Gasteiger partial charge on any atom is -0.461 e. The Morgan fingerprint density at radius 1 is 0.804 bits per heavy atom. The first-order valence-electron chi connectivity index (χ1n) is 15.3. The molecule has 3 nitrogen and oxygen atoms in total. The molecule has 0 spiro atoms. The summed E-state index contributed by atoms with van der Waals surface area (Å²) in [6.45, 7) is 7.99. The van der Waals surface area contributed by atoms with E-state index in [2.05, 4.69) is 129 Å². The highest BCUT2D eigenvalue weighted by atomic mass is 32.2. The van der Waals surface area contributed by atoms with E-state index in [1.54, 1.807) is 24.0 Å². The quantitative estimate of drug-likeness (QED) is 0.160. The average molecular weight is 616 g/mol. The number of ether oxygens (including phenoxy) is 1. The Hall–Kier alpha value is -5.32. The summed E-state index contributed by atoms with van der Waals surface area (Å²) in [5, 5.41) is 1.04. The van der Waals surface area contributed by atoms with E-state index >= 15 is 0 Å². The van der Waals surface area contributed by atoms with Crippen LogP contribution in [-0.4, -0.2) is 4.98 Å². The third kappa shape index (κ3) is 6.26. The molecule has 0 radical (unpaired) electrons. The fourth-order valence-corrected chi connectivity index (χ4v) is 6.62. The van der Waals surface area contributed by atoms with E-state index in [1.165, 1.54) is 37.6 Å². The molecule has 0 bridgehead atoms. The van der Waals surface area contributed by atoms with E-state index < -0.39 is 0 Å². The van der Waals surface area contributed by atoms with E-state index in [1.807, 2.05) is 24.3 Å². The van der Waals surface area contributed by atoms with Gasteiger partial charge in [0.2, 0.25) is 0 Å². The highest BCUT2D eigenvalue weighted by Crippen LogP contribution is 2.36. The minimum atomic E-state index is 0.811. The molecule has 4 aromatic carbocycles. The van der Waals surface area contributed by atoms with E-state index in [9.17, 15) is 0 Å². The number of nitrogens with zero attached hydrogens (tertiary/aromatic N) is 1. The van der Waals surface area contributed by atoms with Gasteiger partial charge in [-0.2, -0.15) is 0 Å². The first kappa shape index (κ1) is 29.4. The van der Waals surface area contributed by atoms with Crippen LogP contribution in [0.5, 0.6) is 0 Å². The van der Waals surface area contributed by atoms with Gasteiger partial charge in [-0.25, -0.2) is 0 Å². The predicted molar refractivity (Wildman–Crippen MR) is 192 cm³/mol. The van der Waals surface area contributed by atoms with Crippen molar-refractivity contribution in [2.24, 2.45) is 0 Å². The van der Waals surface area contributed by atoms with Crippen molar-refractivity contribution in [2.45, 2.75) is 30.1 Å². The van der Waals surface area contributed by atoms with Gasteiger partial charge in [-0.15, -0.1) is 0 Å². The summed E-state index contributed by atoms with van der Waals surface area (Å²) in [5.74, 6) is 1.86. The zero-order valence-electron chi connectivity index (χ0n) is 25.9. The van der Waals surface area contributed by atoms with Crippen LogP contribution in [0.25, 0.3) is 49.9 Å². The Morgan fingerprint density at radius 3 is 2.28 bits per heavy atom. The Balaban J connectivity index is 1.08. The van der Waals surface area contributed by atoms with E-state index in [0.29, 0.717) is 0 Å². The summed E-state index contributed by atoms with van der Waals surface area (Å²) in [4.78, 5) is 6.87. The van der Waals surface area contributed by atoms with Crippen LogP contribution >= 0.6 is 11.8 Å². The van der Waals surface area contributed by atoms with Crippen LogP contribution in [0.2, 0.25) is 0 Å². The molecule has 224 valence electrons. The molecule has 0 atom stereocenters. The lowest BCUT2D eigenvalue weighted by atomic mass is 9.99. The maximum absolute atomic E-state index is 6.09. The maximum atomic E-state index is 6.09. The number of aromatic nitrogens is 1. The van der Waals surface area contributed by atoms with Crippen molar-refractivity contribution in [1.29, 1.82) is 0 Å². The summed E-state index contributed by atoms with van der Waals surface area (Å²) >= 11 is 1.77. The van der Waals surface area contributed by atoms with Crippen LogP contribution in [0.15, 0.2) is 178 Å². The largest absolute Gasteiger partial charge is 0.461 e. The molecule has 7 rings (SSSR count). The molecule has 6 aromatic rings. The lowest BCUT2D eigenvalue weighted by molar-refractivity contribution is 0.338. The van der Waals surface area contributed by atoms with Gasteiger partial charge in [-0.05, 0) is 120 Å². The normalized spacial score (nSPS) is 14.6. The number of rotatable bonds is 8. The maximum Gasteiger partial charge on any atom is 0.153 e. The summed E-state index contributed by atoms with van der Waals surface area (Å²) in [6, 6.07) is 36.4. The topological polar surface area (TPSA) is 35.3 Å². The molecule has 0 aliphatic carbocycles. The van der Waals surface area contributed by atoms with Crippen molar-refractivity contribution in [1.82, 2.24) is 4.98 Å². The molecule has 0 unspecified atom stereocenters. The van der Waals surface area contributed by atoms with Crippen LogP contribution in [0.3, 0.4) is 0 Å². The Labute approximate surface area is 274 Å². The number of furan rings is 1. The summed E-state index contributed by atoms with van der Waals surface area (Å²) in [6.07, 6.45) is 12.5. The number of hydrogen-bond donors (Lipinski definition) is 0. The van der Waals surface area contributed by atoms with Gasteiger partial charge in [0, 0.05) is 27.8 Å². The van der Waals surface area contributed by atoms with Crippen molar-refractivity contribution in [3.05, 3.63) is 169 Å². The van der Waals surface area contributed by atoms with Gasteiger partial charge in [0.05, 0.1) is 0 Å². The summed E-state index contributed by atoms with van der Waals surface area (Å²) < 4.78 is 12.1. The molecule has 0 amide bonds. The van der Waals surface area contributed by atoms with Gasteiger partial charge in [-0.1, -0.05) is 85.1 Å². The third-order valence-corrected chi connectivity index (χ3v) is 9.10. The minimum absolute atomic E-state index is 0.811. The van der Waals surface area contributed by atoms with Gasteiger partial charge in [0.1, 0.15) is 22.6 Å². The fraction of sp³-hybridized carbons (Fsp3) is 0.0714. The molecule has 46 heavy (non-hydrogen) atoms. The standard InChI is InChI=1S/C42H33NO2S/c1-4-5-16-39-29(3)23-35(44-39)20-18-28(2)30-10-6-11-31(24-30)32-12-7-14-36(25-32)46-37-15-8-13-33(26-37)34-19-21-38-41(27-34)45-40-17-9-22-43-42(38)40/h4-22,24-27H,1,23H2,2-3H3/b16-5-,28-18+,35-20+. The van der Waals surface area contributed by atoms with Gasteiger partial charge in [0.15, 0.2) is 5.58 Å². The van der Waals surface area contributed by atoms with Crippen LogP contribution in [0.4, 0.5) is 0 Å². The van der Waals surface area contributed by atoms with Crippen LogP contribution in [0.1, 0.15) is 25.8 Å². The number of hydrogen-bond acceptors (Lipinski definition) is 4. The second-order valence-corrected chi connectivity index (χ2v) is 12.5. The van der Waals surface area contributed by atoms with Gasteiger partial charge in [-0.3, -0.25) is 4.98 Å². The Kier molecular flexibility index (Phi) is 8.28. The third-order valence-electron chi connectivity index (χ3n) is 8.12. The molecule has 4 heteroatoms. The first-order chi connectivity index (χ1) is 22.5. The highest BCUT2D eigenvalue weighted by molar-refractivity contribution is 7.99. The second-order valence-electron chi connectivity index (χ2n) is 11.4. The Morgan fingerprint density at radius 2 is 1.52 bits per heavy atom. The van der Waals surface area contributed by atoms with Crippen molar-refractivity contribution in [3.8, 4) is 22.3 Å². The van der Waals surface area contributed by atoms with E-state index in [0.717, 1.165) is 51.1 Å². The molecule has 0 saturated carbocycles. The first-order valence-corrected chi connectivity index (χ1v) is 16.2. The van der Waals surface area contributed by atoms with Crippen LogP contribution < -0.4 is 0 Å². The van der Waals surface area contributed by atoms with Crippen LogP contribution in [0, 0.1) is 0 Å². The number of benzene rings is 4. The zero-order valence-corrected chi connectivity index (χ0v) is 26.7. The lowest BCUT2D eigenvalue weighted by Crippen LogP contribution is -1.85. The molecule has 3 heterocycles. The summed E-state index contributed by atoms with van der Waals surface area (Å²) in [7, 11) is 0. The average Bonchev–Trinajstić information content (AvgIpc) is 3.65. The second kappa shape index (κ2) is 13.0. The van der Waals surface area contributed by atoms with Gasteiger partial charge in [0.25, 0.3) is 0 Å². The van der Waals surface area contributed by atoms with Gasteiger partial charge >= 0.3 is 0 Å². The van der Waals surface area contributed by atoms with Crippen LogP contribution in [-0.2, 0) is 4.74 Å². The van der Waals surface area contributed by atoms with Crippen molar-refractivity contribution < 1.29 is 9.15 Å². The van der Waals surface area contributed by atoms with E-state index in [4.69, 9.17) is 9.15 Å². The smallest absolute Gasteiger partial charge is 0.153 e. The lowest BCUT2D eigenvalue weighted by Gasteiger charge is -2.09. The summed E-state index contributed by atoms with van der Waals surface area (Å²) in [5.41, 5.74) is 10.8.